The maximum atomic E-state index is 13.0. The van der Waals surface area contributed by atoms with E-state index in [9.17, 15) is 9.18 Å². The van der Waals surface area contributed by atoms with Gasteiger partial charge in [0, 0.05) is 4.47 Å². The summed E-state index contributed by atoms with van der Waals surface area (Å²) in [4.78, 5) is 10.7. The Morgan fingerprint density at radius 2 is 2.31 bits per heavy atom. The highest BCUT2D eigenvalue weighted by atomic mass is 79.9. The van der Waals surface area contributed by atoms with Gasteiger partial charge in [0.2, 0.25) is 5.91 Å². The molecule has 0 aliphatic heterocycles. The number of hydrogen-bond acceptors (Lipinski definition) is 2. The number of halogens is 2. The second-order valence-electron chi connectivity index (χ2n) is 2.33. The van der Waals surface area contributed by atoms with Gasteiger partial charge in [-0.05, 0) is 18.2 Å². The smallest absolute Gasteiger partial charge is 0.250 e. The Labute approximate surface area is 82.7 Å². The molecule has 0 saturated carbocycles. The molecule has 5 heteroatoms. The summed E-state index contributed by atoms with van der Waals surface area (Å²) in [5.74, 6) is -1.18. The molecule has 1 aromatic carbocycles. The van der Waals surface area contributed by atoms with Crippen LogP contribution in [0.2, 0.25) is 0 Å². The molecule has 1 rings (SSSR count). The van der Waals surface area contributed by atoms with Crippen molar-refractivity contribution in [1.29, 1.82) is 0 Å². The van der Waals surface area contributed by atoms with Crippen molar-refractivity contribution in [3.63, 3.8) is 0 Å². The number of amides is 1. The molecule has 0 unspecified atom stereocenters. The van der Waals surface area contributed by atoms with E-state index in [1.165, 1.54) is 12.1 Å². The number of benzene rings is 1. The maximum Gasteiger partial charge on any atom is 0.250 e. The molecule has 0 aromatic heterocycles. The third-order valence-corrected chi connectivity index (χ3v) is 1.84. The van der Waals surface area contributed by atoms with Crippen molar-refractivity contribution in [3.8, 4) is 0 Å². The van der Waals surface area contributed by atoms with Crippen LogP contribution < -0.4 is 5.32 Å². The second-order valence-corrected chi connectivity index (χ2v) is 3.25. The predicted octanol–water partition coefficient (Wildman–Crippen LogP) is 1.52. The van der Waals surface area contributed by atoms with E-state index < -0.39 is 18.3 Å². The fraction of sp³-hybridized carbons (Fsp3) is 0.125. The molecule has 0 bridgehead atoms. The van der Waals surface area contributed by atoms with E-state index >= 15 is 0 Å². The fourth-order valence-corrected chi connectivity index (χ4v) is 1.11. The number of carbonyl (C=O) groups is 1. The monoisotopic (exact) mass is 247 g/mol. The molecule has 0 aliphatic carbocycles. The Bertz CT molecular complexity index is 330. The summed E-state index contributed by atoms with van der Waals surface area (Å²) in [6.45, 7) is -0.657. The van der Waals surface area contributed by atoms with E-state index in [2.05, 4.69) is 21.2 Å². The number of nitrogens with one attached hydrogen (secondary N) is 1. The van der Waals surface area contributed by atoms with Crippen LogP contribution >= 0.6 is 15.9 Å². The Balaban J connectivity index is 2.83. The van der Waals surface area contributed by atoms with Crippen molar-refractivity contribution in [3.05, 3.63) is 28.5 Å². The molecule has 1 aromatic rings. The van der Waals surface area contributed by atoms with Crippen LogP contribution in [0.1, 0.15) is 0 Å². The lowest BCUT2D eigenvalue weighted by Crippen LogP contribution is -2.16. The summed E-state index contributed by atoms with van der Waals surface area (Å²) in [6.07, 6.45) is 0. The Hall–Kier alpha value is -0.940. The average molecular weight is 248 g/mol. The van der Waals surface area contributed by atoms with Gasteiger partial charge in [0.05, 0.1) is 5.69 Å². The molecule has 0 heterocycles. The highest BCUT2D eigenvalue weighted by Gasteiger charge is 2.05. The first-order valence-electron chi connectivity index (χ1n) is 3.49. The molecule has 3 nitrogen and oxygen atoms in total. The first kappa shape index (κ1) is 10.1. The van der Waals surface area contributed by atoms with Crippen molar-refractivity contribution >= 4 is 27.5 Å². The number of carbonyl (C=O) groups excluding carboxylic acids is 1. The number of rotatable bonds is 2. The average Bonchev–Trinajstić information content (AvgIpc) is 2.09. The molecule has 0 fully saturated rings. The van der Waals surface area contributed by atoms with Crippen molar-refractivity contribution < 1.29 is 14.3 Å². The van der Waals surface area contributed by atoms with Gasteiger partial charge in [-0.25, -0.2) is 4.39 Å². The van der Waals surface area contributed by atoms with Crippen LogP contribution in [-0.4, -0.2) is 17.6 Å². The van der Waals surface area contributed by atoms with E-state index in [4.69, 9.17) is 5.11 Å². The Kier molecular flexibility index (Phi) is 3.39. The van der Waals surface area contributed by atoms with E-state index in [1.54, 1.807) is 6.07 Å². The van der Waals surface area contributed by atoms with Gasteiger partial charge in [-0.2, -0.15) is 0 Å². The van der Waals surface area contributed by atoms with E-state index in [-0.39, 0.29) is 5.69 Å². The Morgan fingerprint density at radius 3 is 2.85 bits per heavy atom. The molecule has 70 valence electrons. The van der Waals surface area contributed by atoms with Crippen molar-refractivity contribution in [2.75, 3.05) is 11.9 Å². The van der Waals surface area contributed by atoms with Gasteiger partial charge in [-0.3, -0.25) is 4.79 Å². The largest absolute Gasteiger partial charge is 0.387 e. The highest BCUT2D eigenvalue weighted by molar-refractivity contribution is 9.10. The van der Waals surface area contributed by atoms with Gasteiger partial charge in [0.1, 0.15) is 12.4 Å². The summed E-state index contributed by atoms with van der Waals surface area (Å²) in [5, 5.41) is 10.6. The molecule has 1 amide bonds. The molecule has 0 radical (unpaired) electrons. The third kappa shape index (κ3) is 2.78. The first-order chi connectivity index (χ1) is 6.13. The molecule has 0 spiro atoms. The normalized spacial score (nSPS) is 9.77. The molecule has 0 aliphatic rings. The molecule has 2 N–H and O–H groups in total. The Morgan fingerprint density at radius 1 is 1.62 bits per heavy atom. The van der Waals surface area contributed by atoms with Crippen LogP contribution in [-0.2, 0) is 4.79 Å². The van der Waals surface area contributed by atoms with Crippen LogP contribution in [0.4, 0.5) is 10.1 Å². The fourth-order valence-electron chi connectivity index (χ4n) is 0.781. The van der Waals surface area contributed by atoms with Gasteiger partial charge in [-0.1, -0.05) is 15.9 Å². The highest BCUT2D eigenvalue weighted by Crippen LogP contribution is 2.18. The van der Waals surface area contributed by atoms with Gasteiger partial charge < -0.3 is 10.4 Å². The quantitative estimate of drug-likeness (QED) is 0.833. The van der Waals surface area contributed by atoms with Crippen molar-refractivity contribution in [2.45, 2.75) is 0 Å². The standard InChI is InChI=1S/C8H7BrFNO2/c9-5-1-2-7(6(10)3-5)11-8(13)4-12/h1-3,12H,4H2,(H,11,13). The van der Waals surface area contributed by atoms with Crippen LogP contribution in [0.5, 0.6) is 0 Å². The lowest BCUT2D eigenvalue weighted by Gasteiger charge is -2.04. The predicted molar refractivity (Wildman–Crippen MR) is 49.8 cm³/mol. The van der Waals surface area contributed by atoms with Crippen LogP contribution in [0.15, 0.2) is 22.7 Å². The number of aliphatic hydroxyl groups is 1. The van der Waals surface area contributed by atoms with E-state index in [1.807, 2.05) is 0 Å². The zero-order valence-electron chi connectivity index (χ0n) is 6.55. The zero-order chi connectivity index (χ0) is 9.84. The summed E-state index contributed by atoms with van der Waals surface area (Å²) in [7, 11) is 0. The van der Waals surface area contributed by atoms with Crippen molar-refractivity contribution in [1.82, 2.24) is 0 Å². The SMILES string of the molecule is O=C(CO)Nc1ccc(Br)cc1F. The molecular formula is C8H7BrFNO2. The second kappa shape index (κ2) is 4.34. The van der Waals surface area contributed by atoms with Gasteiger partial charge in [0.25, 0.3) is 0 Å². The van der Waals surface area contributed by atoms with Gasteiger partial charge in [0.15, 0.2) is 0 Å². The zero-order valence-corrected chi connectivity index (χ0v) is 8.14. The maximum absolute atomic E-state index is 13.0. The summed E-state index contributed by atoms with van der Waals surface area (Å²) < 4.78 is 13.6. The minimum Gasteiger partial charge on any atom is -0.387 e. The minimum absolute atomic E-state index is 0.0576. The van der Waals surface area contributed by atoms with Gasteiger partial charge in [-0.15, -0.1) is 0 Å². The van der Waals surface area contributed by atoms with E-state index in [0.717, 1.165) is 0 Å². The molecule has 0 atom stereocenters. The summed E-state index contributed by atoms with van der Waals surface area (Å²) in [6, 6.07) is 4.23. The topological polar surface area (TPSA) is 49.3 Å². The number of hydrogen-bond donors (Lipinski definition) is 2. The summed E-state index contributed by atoms with van der Waals surface area (Å²) >= 11 is 3.08. The number of aliphatic hydroxyl groups excluding tert-OH is 1. The number of anilines is 1. The third-order valence-electron chi connectivity index (χ3n) is 1.35. The van der Waals surface area contributed by atoms with Crippen LogP contribution in [0, 0.1) is 5.82 Å². The molecular weight excluding hydrogens is 241 g/mol. The van der Waals surface area contributed by atoms with Crippen molar-refractivity contribution in [2.24, 2.45) is 0 Å². The van der Waals surface area contributed by atoms with Crippen LogP contribution in [0.25, 0.3) is 0 Å². The lowest BCUT2D eigenvalue weighted by atomic mass is 10.3. The lowest BCUT2D eigenvalue weighted by molar-refractivity contribution is -0.118. The first-order valence-corrected chi connectivity index (χ1v) is 4.28. The van der Waals surface area contributed by atoms with Gasteiger partial charge >= 0.3 is 0 Å². The molecule has 0 saturated heterocycles. The molecule has 13 heavy (non-hydrogen) atoms. The minimum atomic E-state index is -0.657. The summed E-state index contributed by atoms with van der Waals surface area (Å²) in [5.41, 5.74) is 0.0576. The van der Waals surface area contributed by atoms with E-state index in [0.29, 0.717) is 4.47 Å². The van der Waals surface area contributed by atoms with Crippen LogP contribution in [0.3, 0.4) is 0 Å².